The standard InChI is InChI=1S/C15H17N3O2.2ClH/c1-20-15(19)13(16)8-10-2-4-11(5-3-10)12-6-7-18-14(17)9-12;;/h2-7,9,13H,8,16H2,1H3,(H2,17,18);2*1H/t13-;;/m0../s1. The van der Waals surface area contributed by atoms with E-state index in [1.54, 1.807) is 6.20 Å². The van der Waals surface area contributed by atoms with Gasteiger partial charge in [-0.1, -0.05) is 24.3 Å². The summed E-state index contributed by atoms with van der Waals surface area (Å²) < 4.78 is 4.61. The quantitative estimate of drug-likeness (QED) is 0.830. The minimum absolute atomic E-state index is 0. The van der Waals surface area contributed by atoms with Gasteiger partial charge in [-0.3, -0.25) is 4.79 Å². The first kappa shape index (κ1) is 20.2. The molecule has 1 aromatic heterocycles. The third kappa shape index (κ3) is 5.18. The van der Waals surface area contributed by atoms with Crippen LogP contribution in [-0.4, -0.2) is 24.1 Å². The van der Waals surface area contributed by atoms with Crippen LogP contribution < -0.4 is 11.5 Å². The van der Waals surface area contributed by atoms with E-state index in [0.717, 1.165) is 16.7 Å². The molecule has 0 saturated heterocycles. The van der Waals surface area contributed by atoms with Crippen LogP contribution >= 0.6 is 24.8 Å². The van der Waals surface area contributed by atoms with E-state index in [1.807, 2.05) is 36.4 Å². The summed E-state index contributed by atoms with van der Waals surface area (Å²) in [5.74, 6) is 0.0790. The average molecular weight is 344 g/mol. The van der Waals surface area contributed by atoms with Crippen LogP contribution in [0.4, 0.5) is 5.82 Å². The van der Waals surface area contributed by atoms with Gasteiger partial charge in [-0.15, -0.1) is 24.8 Å². The maximum atomic E-state index is 11.3. The normalized spacial score (nSPS) is 10.8. The number of nitrogens with two attached hydrogens (primary N) is 2. The number of anilines is 1. The first-order valence-electron chi connectivity index (χ1n) is 6.24. The monoisotopic (exact) mass is 343 g/mol. The van der Waals surface area contributed by atoms with Crippen LogP contribution in [-0.2, 0) is 16.0 Å². The number of carbonyl (C=O) groups is 1. The summed E-state index contributed by atoms with van der Waals surface area (Å²) in [4.78, 5) is 15.2. The van der Waals surface area contributed by atoms with Crippen molar-refractivity contribution in [1.82, 2.24) is 4.98 Å². The molecule has 4 N–H and O–H groups in total. The summed E-state index contributed by atoms with van der Waals surface area (Å²) in [6.45, 7) is 0. The lowest BCUT2D eigenvalue weighted by Crippen LogP contribution is -2.33. The highest BCUT2D eigenvalue weighted by atomic mass is 35.5. The van der Waals surface area contributed by atoms with Crippen LogP contribution in [0.2, 0.25) is 0 Å². The number of rotatable bonds is 4. The van der Waals surface area contributed by atoms with Gasteiger partial charge in [-0.2, -0.15) is 0 Å². The van der Waals surface area contributed by atoms with E-state index in [1.165, 1.54) is 7.11 Å². The van der Waals surface area contributed by atoms with Gasteiger partial charge in [0.25, 0.3) is 0 Å². The molecule has 0 unspecified atom stereocenters. The molecule has 0 radical (unpaired) electrons. The van der Waals surface area contributed by atoms with Crippen LogP contribution in [0.5, 0.6) is 0 Å². The van der Waals surface area contributed by atoms with Crippen molar-refractivity contribution in [2.45, 2.75) is 12.5 Å². The zero-order chi connectivity index (χ0) is 14.5. The molecule has 0 fully saturated rings. The van der Waals surface area contributed by atoms with Crippen LogP contribution in [0, 0.1) is 0 Å². The summed E-state index contributed by atoms with van der Waals surface area (Å²) in [6.07, 6.45) is 2.12. The number of aromatic nitrogens is 1. The van der Waals surface area contributed by atoms with E-state index < -0.39 is 12.0 Å². The molecule has 1 atom stereocenters. The molecular weight excluding hydrogens is 325 g/mol. The number of pyridine rings is 1. The summed E-state index contributed by atoms with van der Waals surface area (Å²) in [5, 5.41) is 0. The number of esters is 1. The van der Waals surface area contributed by atoms with Crippen LogP contribution in [0.25, 0.3) is 11.1 Å². The van der Waals surface area contributed by atoms with Crippen molar-refractivity contribution in [3.05, 3.63) is 48.2 Å². The van der Waals surface area contributed by atoms with Crippen molar-refractivity contribution in [2.24, 2.45) is 5.73 Å². The first-order chi connectivity index (χ1) is 9.60. The van der Waals surface area contributed by atoms with E-state index in [9.17, 15) is 4.79 Å². The Morgan fingerprint density at radius 1 is 1.18 bits per heavy atom. The van der Waals surface area contributed by atoms with Gasteiger partial charge in [0.1, 0.15) is 11.9 Å². The fourth-order valence-corrected chi connectivity index (χ4v) is 1.95. The van der Waals surface area contributed by atoms with Gasteiger partial charge < -0.3 is 16.2 Å². The molecule has 0 aliphatic carbocycles. The number of hydrogen-bond acceptors (Lipinski definition) is 5. The second-order valence-corrected chi connectivity index (χ2v) is 4.50. The number of nitrogen functional groups attached to an aromatic ring is 1. The molecule has 7 heteroatoms. The van der Waals surface area contributed by atoms with E-state index >= 15 is 0 Å². The van der Waals surface area contributed by atoms with E-state index in [2.05, 4.69) is 9.72 Å². The largest absolute Gasteiger partial charge is 0.468 e. The zero-order valence-electron chi connectivity index (χ0n) is 12.1. The predicted octanol–water partition coefficient (Wildman–Crippen LogP) is 2.22. The smallest absolute Gasteiger partial charge is 0.322 e. The maximum Gasteiger partial charge on any atom is 0.322 e. The molecule has 2 rings (SSSR count). The Kier molecular flexibility index (Phi) is 8.48. The van der Waals surface area contributed by atoms with Crippen LogP contribution in [0.15, 0.2) is 42.6 Å². The number of halogens is 2. The fourth-order valence-electron chi connectivity index (χ4n) is 1.95. The molecule has 120 valence electrons. The third-order valence-electron chi connectivity index (χ3n) is 3.03. The average Bonchev–Trinajstić information content (AvgIpc) is 2.47. The summed E-state index contributed by atoms with van der Waals surface area (Å²) in [7, 11) is 1.33. The fraction of sp³-hybridized carbons (Fsp3) is 0.200. The molecule has 0 bridgehead atoms. The Morgan fingerprint density at radius 3 is 2.36 bits per heavy atom. The topological polar surface area (TPSA) is 91.2 Å². The minimum Gasteiger partial charge on any atom is -0.468 e. The van der Waals surface area contributed by atoms with Crippen LogP contribution in [0.1, 0.15) is 5.56 Å². The Bertz CT molecular complexity index is 606. The van der Waals surface area contributed by atoms with Crippen molar-refractivity contribution in [3.63, 3.8) is 0 Å². The number of hydrogen-bond donors (Lipinski definition) is 2. The molecule has 0 amide bonds. The zero-order valence-corrected chi connectivity index (χ0v) is 13.7. The van der Waals surface area contributed by atoms with Crippen LogP contribution in [0.3, 0.4) is 0 Å². The van der Waals surface area contributed by atoms with Crippen molar-refractivity contribution in [3.8, 4) is 11.1 Å². The second-order valence-electron chi connectivity index (χ2n) is 4.50. The number of carbonyl (C=O) groups excluding carboxylic acids is 1. The van der Waals surface area contributed by atoms with Gasteiger partial charge in [0, 0.05) is 6.20 Å². The lowest BCUT2D eigenvalue weighted by atomic mass is 10.0. The van der Waals surface area contributed by atoms with Crippen molar-refractivity contribution in [1.29, 1.82) is 0 Å². The summed E-state index contributed by atoms with van der Waals surface area (Å²) >= 11 is 0. The Labute approximate surface area is 141 Å². The van der Waals surface area contributed by atoms with E-state index in [4.69, 9.17) is 11.5 Å². The number of methoxy groups -OCH3 is 1. The lowest BCUT2D eigenvalue weighted by Gasteiger charge is -2.10. The number of benzene rings is 1. The molecule has 5 nitrogen and oxygen atoms in total. The van der Waals surface area contributed by atoms with Gasteiger partial charge in [0.15, 0.2) is 0 Å². The third-order valence-corrected chi connectivity index (χ3v) is 3.03. The molecule has 0 saturated carbocycles. The molecule has 1 heterocycles. The van der Waals surface area contributed by atoms with Gasteiger partial charge in [0.2, 0.25) is 0 Å². The summed E-state index contributed by atoms with van der Waals surface area (Å²) in [6, 6.07) is 10.9. The van der Waals surface area contributed by atoms with Crippen molar-refractivity contribution >= 4 is 36.6 Å². The highest BCUT2D eigenvalue weighted by Gasteiger charge is 2.14. The Morgan fingerprint density at radius 2 is 1.82 bits per heavy atom. The highest BCUT2D eigenvalue weighted by molar-refractivity contribution is 5.85. The van der Waals surface area contributed by atoms with Gasteiger partial charge in [0.05, 0.1) is 7.11 Å². The first-order valence-corrected chi connectivity index (χ1v) is 6.24. The summed E-state index contributed by atoms with van der Waals surface area (Å²) in [5.41, 5.74) is 14.4. The Hall–Kier alpha value is -1.82. The Balaban J connectivity index is 0.00000220. The molecule has 2 aromatic rings. The lowest BCUT2D eigenvalue weighted by molar-refractivity contribution is -0.142. The molecule has 0 spiro atoms. The second kappa shape index (κ2) is 9.25. The predicted molar refractivity (Wildman–Crippen MR) is 92.3 cm³/mol. The van der Waals surface area contributed by atoms with Gasteiger partial charge in [-0.05, 0) is 35.2 Å². The highest BCUT2D eigenvalue weighted by Crippen LogP contribution is 2.21. The number of ether oxygens (including phenoxy) is 1. The van der Waals surface area contributed by atoms with E-state index in [-0.39, 0.29) is 24.8 Å². The number of nitrogens with zero attached hydrogens (tertiary/aromatic N) is 1. The molecule has 22 heavy (non-hydrogen) atoms. The maximum absolute atomic E-state index is 11.3. The molecular formula is C15H19Cl2N3O2. The molecule has 0 aliphatic rings. The van der Waals surface area contributed by atoms with Crippen molar-refractivity contribution < 1.29 is 9.53 Å². The SMILES string of the molecule is COC(=O)[C@@H](N)Cc1ccc(-c2ccnc(N)c2)cc1.Cl.Cl. The molecule has 0 aliphatic heterocycles. The van der Waals surface area contributed by atoms with Gasteiger partial charge in [-0.25, -0.2) is 4.98 Å². The van der Waals surface area contributed by atoms with E-state index in [0.29, 0.717) is 12.2 Å². The molecule has 1 aromatic carbocycles. The minimum atomic E-state index is -0.637. The van der Waals surface area contributed by atoms with Crippen molar-refractivity contribution in [2.75, 3.05) is 12.8 Å². The van der Waals surface area contributed by atoms with Gasteiger partial charge >= 0.3 is 5.97 Å².